The molecule has 0 spiro atoms. The van der Waals surface area contributed by atoms with Crippen LogP contribution in [0.25, 0.3) is 0 Å². The number of nitrogens with one attached hydrogen (secondary N) is 1. The van der Waals surface area contributed by atoms with Crippen molar-refractivity contribution in [3.63, 3.8) is 0 Å². The van der Waals surface area contributed by atoms with Gasteiger partial charge in [0.25, 0.3) is 5.91 Å². The summed E-state index contributed by atoms with van der Waals surface area (Å²) in [4.78, 5) is 24.5. The van der Waals surface area contributed by atoms with Crippen molar-refractivity contribution in [2.24, 2.45) is 0 Å². The number of methoxy groups -OCH3 is 1. The summed E-state index contributed by atoms with van der Waals surface area (Å²) in [5.74, 6) is -1.28. The summed E-state index contributed by atoms with van der Waals surface area (Å²) >= 11 is 0. The summed E-state index contributed by atoms with van der Waals surface area (Å²) in [6.07, 6.45) is -4.49. The Balaban J connectivity index is 1.66. The Bertz CT molecular complexity index is 1050. The third kappa shape index (κ3) is 5.62. The Morgan fingerprint density at radius 1 is 1.10 bits per heavy atom. The Hall–Kier alpha value is -3.82. The normalized spacial score (nSPS) is 12.1. The van der Waals surface area contributed by atoms with Crippen LogP contribution < -0.4 is 10.1 Å². The molecule has 0 saturated heterocycles. The zero-order valence-electron chi connectivity index (χ0n) is 16.2. The van der Waals surface area contributed by atoms with Gasteiger partial charge in [0, 0.05) is 6.07 Å². The third-order valence-electron chi connectivity index (χ3n) is 4.18. The van der Waals surface area contributed by atoms with E-state index in [1.54, 1.807) is 30.3 Å². The second kappa shape index (κ2) is 9.33. The molecule has 0 saturated carbocycles. The number of carbonyl (C=O) groups is 2. The minimum Gasteiger partial charge on any atom is -0.486 e. The Morgan fingerprint density at radius 2 is 1.84 bits per heavy atom. The van der Waals surface area contributed by atoms with Crippen LogP contribution in [0.4, 0.5) is 13.2 Å². The standard InChI is InChI=1S/C21H17F3N2O5/c1-29-20(28)18(13-6-3-2-4-7-13)25-19(27)17-11-16(31-26-17)12-30-15-9-5-8-14(10-15)21(22,23)24/h2-11,18H,12H2,1H3,(H,25,27)/t18-/m0/s1. The van der Waals surface area contributed by atoms with Crippen molar-refractivity contribution in [1.82, 2.24) is 10.5 Å². The van der Waals surface area contributed by atoms with Crippen molar-refractivity contribution in [2.75, 3.05) is 7.11 Å². The molecule has 1 aromatic heterocycles. The lowest BCUT2D eigenvalue weighted by Crippen LogP contribution is -2.34. The van der Waals surface area contributed by atoms with Gasteiger partial charge in [-0.3, -0.25) is 4.79 Å². The van der Waals surface area contributed by atoms with Gasteiger partial charge in [0.1, 0.15) is 12.4 Å². The molecule has 0 aliphatic carbocycles. The van der Waals surface area contributed by atoms with Gasteiger partial charge in [-0.2, -0.15) is 13.2 Å². The number of halogens is 3. The zero-order valence-corrected chi connectivity index (χ0v) is 16.2. The number of nitrogens with zero attached hydrogens (tertiary/aromatic N) is 1. The van der Waals surface area contributed by atoms with Crippen LogP contribution in [0.15, 0.2) is 65.2 Å². The van der Waals surface area contributed by atoms with E-state index in [4.69, 9.17) is 14.0 Å². The highest BCUT2D eigenvalue weighted by Gasteiger charge is 2.30. The van der Waals surface area contributed by atoms with Crippen LogP contribution in [0.3, 0.4) is 0 Å². The second-order valence-corrected chi connectivity index (χ2v) is 6.33. The molecule has 2 aromatic carbocycles. The number of amides is 1. The van der Waals surface area contributed by atoms with Crippen LogP contribution in [-0.2, 0) is 22.3 Å². The van der Waals surface area contributed by atoms with E-state index in [2.05, 4.69) is 10.5 Å². The first-order chi connectivity index (χ1) is 14.8. The fraction of sp³-hybridized carbons (Fsp3) is 0.190. The van der Waals surface area contributed by atoms with Crippen LogP contribution in [0.1, 0.15) is 33.4 Å². The van der Waals surface area contributed by atoms with E-state index < -0.39 is 29.7 Å². The number of rotatable bonds is 7. The molecule has 0 bridgehead atoms. The summed E-state index contributed by atoms with van der Waals surface area (Å²) in [6, 6.07) is 13.0. The van der Waals surface area contributed by atoms with Crippen LogP contribution in [0, 0.1) is 0 Å². The Labute approximate surface area is 174 Å². The summed E-state index contributed by atoms with van der Waals surface area (Å²) in [5.41, 5.74) is -0.468. The maximum Gasteiger partial charge on any atom is 0.416 e. The first-order valence-corrected chi connectivity index (χ1v) is 8.97. The summed E-state index contributed by atoms with van der Waals surface area (Å²) < 4.78 is 53.3. The van der Waals surface area contributed by atoms with E-state index in [0.29, 0.717) is 5.56 Å². The van der Waals surface area contributed by atoms with E-state index in [9.17, 15) is 22.8 Å². The quantitative estimate of drug-likeness (QED) is 0.567. The lowest BCUT2D eigenvalue weighted by atomic mass is 10.1. The number of ether oxygens (including phenoxy) is 2. The van der Waals surface area contributed by atoms with Gasteiger partial charge in [-0.25, -0.2) is 4.79 Å². The summed E-state index contributed by atoms with van der Waals surface area (Å²) in [7, 11) is 1.20. The fourth-order valence-corrected chi connectivity index (χ4v) is 2.65. The molecule has 1 heterocycles. The highest BCUT2D eigenvalue weighted by atomic mass is 19.4. The molecule has 3 aromatic rings. The molecule has 0 aliphatic heterocycles. The van der Waals surface area contributed by atoms with Gasteiger partial charge in [-0.15, -0.1) is 0 Å². The summed E-state index contributed by atoms with van der Waals surface area (Å²) in [5, 5.41) is 6.13. The molecule has 31 heavy (non-hydrogen) atoms. The molecule has 0 unspecified atom stereocenters. The third-order valence-corrected chi connectivity index (χ3v) is 4.18. The largest absolute Gasteiger partial charge is 0.486 e. The topological polar surface area (TPSA) is 90.7 Å². The number of aromatic nitrogens is 1. The second-order valence-electron chi connectivity index (χ2n) is 6.33. The lowest BCUT2D eigenvalue weighted by Gasteiger charge is -2.15. The molecule has 10 heteroatoms. The molecule has 1 amide bonds. The molecule has 0 radical (unpaired) electrons. The van der Waals surface area contributed by atoms with Gasteiger partial charge in [0.2, 0.25) is 0 Å². The molecule has 1 atom stereocenters. The minimum absolute atomic E-state index is 0.0212. The van der Waals surface area contributed by atoms with Gasteiger partial charge in [0.05, 0.1) is 12.7 Å². The van der Waals surface area contributed by atoms with Crippen LogP contribution >= 0.6 is 0 Å². The van der Waals surface area contributed by atoms with E-state index in [-0.39, 0.29) is 23.8 Å². The number of hydrogen-bond donors (Lipinski definition) is 1. The maximum absolute atomic E-state index is 12.8. The molecule has 0 fully saturated rings. The number of benzene rings is 2. The van der Waals surface area contributed by atoms with E-state index >= 15 is 0 Å². The van der Waals surface area contributed by atoms with Crippen LogP contribution in [0.5, 0.6) is 5.75 Å². The SMILES string of the molecule is COC(=O)[C@@H](NC(=O)c1cc(COc2cccc(C(F)(F)F)c2)on1)c1ccccc1. The Morgan fingerprint density at radius 3 is 2.52 bits per heavy atom. The van der Waals surface area contributed by atoms with Gasteiger partial charge in [-0.05, 0) is 23.8 Å². The number of carbonyl (C=O) groups excluding carboxylic acids is 2. The average Bonchev–Trinajstić information content (AvgIpc) is 3.25. The number of alkyl halides is 3. The lowest BCUT2D eigenvalue weighted by molar-refractivity contribution is -0.143. The fourth-order valence-electron chi connectivity index (χ4n) is 2.65. The van der Waals surface area contributed by atoms with Crippen molar-refractivity contribution in [1.29, 1.82) is 0 Å². The van der Waals surface area contributed by atoms with Crippen molar-refractivity contribution < 1.29 is 36.8 Å². The highest BCUT2D eigenvalue weighted by molar-refractivity contribution is 5.95. The van der Waals surface area contributed by atoms with Crippen molar-refractivity contribution in [3.8, 4) is 5.75 Å². The highest BCUT2D eigenvalue weighted by Crippen LogP contribution is 2.31. The van der Waals surface area contributed by atoms with E-state index in [1.165, 1.54) is 25.3 Å². The van der Waals surface area contributed by atoms with Crippen LogP contribution in [-0.4, -0.2) is 24.1 Å². The predicted octanol–water partition coefficient (Wildman–Crippen LogP) is 3.92. The molecule has 0 aliphatic rings. The average molecular weight is 434 g/mol. The van der Waals surface area contributed by atoms with Crippen molar-refractivity contribution >= 4 is 11.9 Å². The predicted molar refractivity (Wildman–Crippen MR) is 101 cm³/mol. The monoisotopic (exact) mass is 434 g/mol. The molecule has 162 valence electrons. The van der Waals surface area contributed by atoms with Gasteiger partial charge >= 0.3 is 12.1 Å². The Kier molecular flexibility index (Phi) is 6.58. The smallest absolute Gasteiger partial charge is 0.416 e. The van der Waals surface area contributed by atoms with Gasteiger partial charge < -0.3 is 19.3 Å². The molecule has 3 rings (SSSR count). The van der Waals surface area contributed by atoms with Crippen LogP contribution in [0.2, 0.25) is 0 Å². The van der Waals surface area contributed by atoms with Crippen molar-refractivity contribution in [2.45, 2.75) is 18.8 Å². The zero-order chi connectivity index (χ0) is 22.4. The molecule has 1 N–H and O–H groups in total. The van der Waals surface area contributed by atoms with E-state index in [0.717, 1.165) is 12.1 Å². The maximum atomic E-state index is 12.8. The molecular weight excluding hydrogens is 417 g/mol. The summed E-state index contributed by atoms with van der Waals surface area (Å²) in [6.45, 7) is -0.249. The van der Waals surface area contributed by atoms with Gasteiger partial charge in [0.15, 0.2) is 17.5 Å². The van der Waals surface area contributed by atoms with E-state index in [1.807, 2.05) is 0 Å². The number of esters is 1. The van der Waals surface area contributed by atoms with Gasteiger partial charge in [-0.1, -0.05) is 41.6 Å². The van der Waals surface area contributed by atoms with Crippen molar-refractivity contribution in [3.05, 3.63) is 83.2 Å². The minimum atomic E-state index is -4.49. The first kappa shape index (κ1) is 21.9. The molecule has 7 nitrogen and oxygen atoms in total. The molecular formula is C21H17F3N2O5. The first-order valence-electron chi connectivity index (χ1n) is 8.97. The number of hydrogen-bond acceptors (Lipinski definition) is 6.